The largest absolute Gasteiger partial charge is 0.466 e. The average molecular weight is 313 g/mol. The molecule has 0 aliphatic carbocycles. The topological polar surface area (TPSA) is 70.8 Å². The third kappa shape index (κ3) is 3.46. The molecule has 120 valence electrons. The molecule has 23 heavy (non-hydrogen) atoms. The Morgan fingerprint density at radius 2 is 1.96 bits per heavy atom. The number of hydrogen-bond donors (Lipinski definition) is 1. The van der Waals surface area contributed by atoms with Gasteiger partial charge in [-0.05, 0) is 41.8 Å². The van der Waals surface area contributed by atoms with Crippen LogP contribution in [0.4, 0.5) is 0 Å². The highest BCUT2D eigenvalue weighted by atomic mass is 16.7. The van der Waals surface area contributed by atoms with Crippen molar-refractivity contribution < 1.29 is 19.0 Å². The van der Waals surface area contributed by atoms with E-state index < -0.39 is 0 Å². The number of carbonyl (C=O) groups excluding carboxylic acids is 1. The zero-order chi connectivity index (χ0) is 16.2. The maximum atomic E-state index is 11.6. The molecule has 1 aliphatic heterocycles. The molecule has 3 rings (SSSR count). The molecule has 0 amide bonds. The number of hydrogen-bond acceptors (Lipinski definition) is 5. The van der Waals surface area contributed by atoms with Gasteiger partial charge in [0.25, 0.3) is 0 Å². The molecule has 0 bridgehead atoms. The summed E-state index contributed by atoms with van der Waals surface area (Å²) in [6, 6.07) is 13.3. The van der Waals surface area contributed by atoms with Crippen LogP contribution in [-0.2, 0) is 9.53 Å². The van der Waals surface area contributed by atoms with E-state index in [2.05, 4.69) is 0 Å². The molecule has 0 spiro atoms. The predicted octanol–water partition coefficient (Wildman–Crippen LogP) is 3.04. The van der Waals surface area contributed by atoms with Crippen molar-refractivity contribution in [2.75, 3.05) is 13.4 Å². The van der Waals surface area contributed by atoms with E-state index in [1.165, 1.54) is 0 Å². The number of rotatable bonds is 5. The second-order valence-corrected chi connectivity index (χ2v) is 5.31. The lowest BCUT2D eigenvalue weighted by molar-refractivity contribution is -0.143. The summed E-state index contributed by atoms with van der Waals surface area (Å²) in [7, 11) is 0. The Kier molecular flexibility index (Phi) is 4.48. The second kappa shape index (κ2) is 6.71. The number of esters is 1. The first-order chi connectivity index (χ1) is 11.2. The zero-order valence-corrected chi connectivity index (χ0v) is 13.0. The lowest BCUT2D eigenvalue weighted by Crippen LogP contribution is -2.17. The van der Waals surface area contributed by atoms with Crippen LogP contribution in [0.15, 0.2) is 42.5 Å². The van der Waals surface area contributed by atoms with Crippen molar-refractivity contribution in [3.8, 4) is 22.6 Å². The number of nitrogens with two attached hydrogens (primary N) is 1. The SMILES string of the molecule is CCOC(=O)C[C@H](N)c1cccc(-c2ccc3c(c2)OCO3)c1. The van der Waals surface area contributed by atoms with Gasteiger partial charge in [-0.3, -0.25) is 4.79 Å². The highest BCUT2D eigenvalue weighted by Crippen LogP contribution is 2.36. The first-order valence-corrected chi connectivity index (χ1v) is 7.58. The fourth-order valence-corrected chi connectivity index (χ4v) is 2.54. The van der Waals surface area contributed by atoms with Gasteiger partial charge in [-0.2, -0.15) is 0 Å². The lowest BCUT2D eigenvalue weighted by atomic mass is 9.98. The smallest absolute Gasteiger partial charge is 0.307 e. The quantitative estimate of drug-likeness (QED) is 0.859. The summed E-state index contributed by atoms with van der Waals surface area (Å²) >= 11 is 0. The van der Waals surface area contributed by atoms with Crippen LogP contribution in [0.2, 0.25) is 0 Å². The van der Waals surface area contributed by atoms with Gasteiger partial charge in [0.15, 0.2) is 11.5 Å². The van der Waals surface area contributed by atoms with E-state index in [-0.39, 0.29) is 25.2 Å². The van der Waals surface area contributed by atoms with Crippen LogP contribution in [0.5, 0.6) is 11.5 Å². The van der Waals surface area contributed by atoms with Crippen molar-refractivity contribution in [2.45, 2.75) is 19.4 Å². The maximum Gasteiger partial charge on any atom is 0.307 e. The van der Waals surface area contributed by atoms with Crippen LogP contribution in [0.3, 0.4) is 0 Å². The summed E-state index contributed by atoms with van der Waals surface area (Å²) in [5.74, 6) is 1.21. The van der Waals surface area contributed by atoms with Crippen molar-refractivity contribution in [3.05, 3.63) is 48.0 Å². The lowest BCUT2D eigenvalue weighted by Gasteiger charge is -2.13. The van der Waals surface area contributed by atoms with Gasteiger partial charge >= 0.3 is 5.97 Å². The van der Waals surface area contributed by atoms with Crippen molar-refractivity contribution in [1.29, 1.82) is 0 Å². The molecule has 1 aliphatic rings. The average Bonchev–Trinajstić information content (AvgIpc) is 3.02. The second-order valence-electron chi connectivity index (χ2n) is 5.31. The Labute approximate surface area is 135 Å². The summed E-state index contributed by atoms with van der Waals surface area (Å²) in [6.45, 7) is 2.40. The van der Waals surface area contributed by atoms with E-state index in [1.54, 1.807) is 6.92 Å². The van der Waals surface area contributed by atoms with Gasteiger partial charge < -0.3 is 19.9 Å². The van der Waals surface area contributed by atoms with Crippen LogP contribution < -0.4 is 15.2 Å². The summed E-state index contributed by atoms with van der Waals surface area (Å²) < 4.78 is 15.7. The summed E-state index contributed by atoms with van der Waals surface area (Å²) in [4.78, 5) is 11.6. The molecule has 1 heterocycles. The van der Waals surface area contributed by atoms with E-state index >= 15 is 0 Å². The molecule has 0 radical (unpaired) electrons. The van der Waals surface area contributed by atoms with Gasteiger partial charge in [0, 0.05) is 6.04 Å². The number of ether oxygens (including phenoxy) is 3. The normalized spacial score (nSPS) is 13.7. The molecular formula is C18H19NO4. The third-order valence-electron chi connectivity index (χ3n) is 3.71. The zero-order valence-electron chi connectivity index (χ0n) is 13.0. The fraction of sp³-hybridized carbons (Fsp3) is 0.278. The van der Waals surface area contributed by atoms with Gasteiger partial charge in [-0.1, -0.05) is 24.3 Å². The van der Waals surface area contributed by atoms with Gasteiger partial charge in [-0.15, -0.1) is 0 Å². The Balaban J connectivity index is 1.81. The Bertz CT molecular complexity index is 714. The van der Waals surface area contributed by atoms with Gasteiger partial charge in [0.1, 0.15) is 0 Å². The Hall–Kier alpha value is -2.53. The first kappa shape index (κ1) is 15.4. The number of fused-ring (bicyclic) bond motifs is 1. The molecule has 2 aromatic rings. The fourth-order valence-electron chi connectivity index (χ4n) is 2.54. The standard InChI is InChI=1S/C18H19NO4/c1-2-21-18(20)10-15(19)14-5-3-4-12(8-14)13-6-7-16-17(9-13)23-11-22-16/h3-9,15H,2,10-11,19H2,1H3/t15-/m0/s1. The summed E-state index contributed by atoms with van der Waals surface area (Å²) in [6.07, 6.45) is 0.165. The van der Waals surface area contributed by atoms with Crippen molar-refractivity contribution in [1.82, 2.24) is 0 Å². The number of benzene rings is 2. The van der Waals surface area contributed by atoms with Crippen LogP contribution in [-0.4, -0.2) is 19.4 Å². The minimum Gasteiger partial charge on any atom is -0.466 e. The summed E-state index contributed by atoms with van der Waals surface area (Å²) in [5, 5.41) is 0. The van der Waals surface area contributed by atoms with Crippen LogP contribution in [0.25, 0.3) is 11.1 Å². The minimum atomic E-state index is -0.386. The van der Waals surface area contributed by atoms with Crippen molar-refractivity contribution in [3.63, 3.8) is 0 Å². The van der Waals surface area contributed by atoms with Gasteiger partial charge in [0.2, 0.25) is 6.79 Å². The molecular weight excluding hydrogens is 294 g/mol. The van der Waals surface area contributed by atoms with Crippen LogP contribution in [0, 0.1) is 0 Å². The molecule has 0 fully saturated rings. The third-order valence-corrected chi connectivity index (χ3v) is 3.71. The van der Waals surface area contributed by atoms with Gasteiger partial charge in [-0.25, -0.2) is 0 Å². The minimum absolute atomic E-state index is 0.165. The number of carbonyl (C=O) groups is 1. The van der Waals surface area contributed by atoms with E-state index in [1.807, 2.05) is 42.5 Å². The maximum absolute atomic E-state index is 11.6. The van der Waals surface area contributed by atoms with E-state index in [0.717, 1.165) is 28.2 Å². The predicted molar refractivity (Wildman–Crippen MR) is 86.2 cm³/mol. The first-order valence-electron chi connectivity index (χ1n) is 7.58. The Morgan fingerprint density at radius 3 is 2.78 bits per heavy atom. The van der Waals surface area contributed by atoms with Gasteiger partial charge in [0.05, 0.1) is 13.0 Å². The molecule has 5 heteroatoms. The van der Waals surface area contributed by atoms with E-state index in [4.69, 9.17) is 19.9 Å². The molecule has 0 saturated heterocycles. The van der Waals surface area contributed by atoms with Crippen molar-refractivity contribution in [2.24, 2.45) is 5.73 Å². The van der Waals surface area contributed by atoms with E-state index in [0.29, 0.717) is 6.61 Å². The molecule has 0 unspecified atom stereocenters. The molecule has 0 aromatic heterocycles. The molecule has 5 nitrogen and oxygen atoms in total. The van der Waals surface area contributed by atoms with Crippen LogP contribution >= 0.6 is 0 Å². The monoisotopic (exact) mass is 313 g/mol. The molecule has 0 saturated carbocycles. The Morgan fingerprint density at radius 1 is 1.17 bits per heavy atom. The molecule has 2 N–H and O–H groups in total. The summed E-state index contributed by atoms with van der Waals surface area (Å²) in [5.41, 5.74) is 9.04. The molecule has 2 aromatic carbocycles. The molecule has 1 atom stereocenters. The highest BCUT2D eigenvalue weighted by molar-refractivity contribution is 5.71. The van der Waals surface area contributed by atoms with E-state index in [9.17, 15) is 4.79 Å². The van der Waals surface area contributed by atoms with Crippen LogP contribution in [0.1, 0.15) is 24.9 Å². The highest BCUT2D eigenvalue weighted by Gasteiger charge is 2.16. The van der Waals surface area contributed by atoms with Crippen molar-refractivity contribution >= 4 is 5.97 Å².